The number of benzene rings is 1. The van der Waals surface area contributed by atoms with Crippen molar-refractivity contribution in [2.24, 2.45) is 0 Å². The Morgan fingerprint density at radius 3 is 2.05 bits per heavy atom. The van der Waals surface area contributed by atoms with Crippen LogP contribution in [0.3, 0.4) is 0 Å². The Morgan fingerprint density at radius 2 is 1.60 bits per heavy atom. The van der Waals surface area contributed by atoms with Gasteiger partial charge in [-0.05, 0) is 66.0 Å². The number of thiophene rings is 1. The van der Waals surface area contributed by atoms with Crippen LogP contribution >= 0.6 is 27.3 Å². The van der Waals surface area contributed by atoms with E-state index in [1.165, 1.54) is 15.6 Å². The molecule has 0 aliphatic heterocycles. The van der Waals surface area contributed by atoms with Crippen LogP contribution in [-0.4, -0.2) is 15.5 Å². The van der Waals surface area contributed by atoms with Gasteiger partial charge in [0.1, 0.15) is 4.90 Å². The molecule has 0 fully saturated rings. The van der Waals surface area contributed by atoms with Crippen molar-refractivity contribution >= 4 is 43.0 Å². The van der Waals surface area contributed by atoms with Gasteiger partial charge < -0.3 is 0 Å². The van der Waals surface area contributed by atoms with E-state index in [4.69, 9.17) is 0 Å². The Bertz CT molecular complexity index is 730. The van der Waals surface area contributed by atoms with Gasteiger partial charge in [-0.2, -0.15) is 0 Å². The quantitative estimate of drug-likeness (QED) is 0.805. The van der Waals surface area contributed by atoms with E-state index in [1.807, 2.05) is 39.0 Å². The molecule has 20 heavy (non-hydrogen) atoms. The lowest BCUT2D eigenvalue weighted by atomic mass is 10.1. The van der Waals surface area contributed by atoms with Crippen molar-refractivity contribution in [1.29, 1.82) is 0 Å². The van der Waals surface area contributed by atoms with E-state index in [2.05, 4.69) is 15.9 Å². The predicted molar refractivity (Wildman–Crippen MR) is 88.3 cm³/mol. The highest BCUT2D eigenvalue weighted by Crippen LogP contribution is 2.33. The van der Waals surface area contributed by atoms with Crippen molar-refractivity contribution in [2.75, 3.05) is 11.4 Å². The summed E-state index contributed by atoms with van der Waals surface area (Å²) in [4.78, 5) is 1.14. The number of rotatable bonds is 3. The van der Waals surface area contributed by atoms with Crippen LogP contribution in [0.15, 0.2) is 32.9 Å². The molecule has 0 N–H and O–H groups in total. The first-order chi connectivity index (χ1) is 9.21. The lowest BCUT2D eigenvalue weighted by Crippen LogP contribution is -2.26. The van der Waals surface area contributed by atoms with Crippen LogP contribution in [0.1, 0.15) is 16.0 Å². The van der Waals surface area contributed by atoms with Crippen LogP contribution in [0, 0.1) is 20.8 Å². The average molecular weight is 374 g/mol. The van der Waals surface area contributed by atoms with E-state index in [-0.39, 0.29) is 0 Å². The molecule has 0 amide bonds. The topological polar surface area (TPSA) is 37.4 Å². The molecular formula is C14H16BrNO2S2. The molecule has 1 aromatic heterocycles. The maximum atomic E-state index is 12.7. The van der Waals surface area contributed by atoms with Crippen molar-refractivity contribution in [2.45, 2.75) is 25.7 Å². The number of anilines is 1. The fourth-order valence-electron chi connectivity index (χ4n) is 2.11. The molecule has 0 bridgehead atoms. The Labute approximate surface area is 132 Å². The minimum Gasteiger partial charge on any atom is -0.269 e. The highest BCUT2D eigenvalue weighted by Gasteiger charge is 2.25. The summed E-state index contributed by atoms with van der Waals surface area (Å²) in [6, 6.07) is 7.44. The molecule has 1 aromatic carbocycles. The number of hydrogen-bond acceptors (Lipinski definition) is 3. The van der Waals surface area contributed by atoms with Gasteiger partial charge >= 0.3 is 0 Å². The maximum Gasteiger partial charge on any atom is 0.265 e. The summed E-state index contributed by atoms with van der Waals surface area (Å²) in [6.07, 6.45) is 0. The Kier molecular flexibility index (Phi) is 4.27. The average Bonchev–Trinajstić information content (AvgIpc) is 2.67. The highest BCUT2D eigenvalue weighted by atomic mass is 79.9. The zero-order valence-corrected chi connectivity index (χ0v) is 15.0. The van der Waals surface area contributed by atoms with Crippen molar-refractivity contribution in [3.63, 3.8) is 0 Å². The smallest absolute Gasteiger partial charge is 0.265 e. The summed E-state index contributed by atoms with van der Waals surface area (Å²) in [5.74, 6) is 0. The fraction of sp³-hybridized carbons (Fsp3) is 0.286. The number of nitrogens with zero attached hydrogens (tertiary/aromatic N) is 1. The highest BCUT2D eigenvalue weighted by molar-refractivity contribution is 9.11. The van der Waals surface area contributed by atoms with Gasteiger partial charge in [0.15, 0.2) is 0 Å². The monoisotopic (exact) mass is 373 g/mol. The zero-order valence-electron chi connectivity index (χ0n) is 11.8. The third-order valence-corrected chi connectivity index (χ3v) is 6.65. The molecule has 0 saturated heterocycles. The first-order valence-electron chi connectivity index (χ1n) is 6.05. The molecule has 2 aromatic rings. The van der Waals surface area contributed by atoms with Gasteiger partial charge in [0.2, 0.25) is 0 Å². The van der Waals surface area contributed by atoms with Crippen LogP contribution in [-0.2, 0) is 10.0 Å². The summed E-state index contributed by atoms with van der Waals surface area (Å²) in [5.41, 5.74) is 2.78. The second-order valence-corrected chi connectivity index (χ2v) is 9.36. The van der Waals surface area contributed by atoms with Crippen LogP contribution in [0.5, 0.6) is 0 Å². The van der Waals surface area contributed by atoms with Gasteiger partial charge in [-0.15, -0.1) is 11.3 Å². The van der Waals surface area contributed by atoms with Crippen LogP contribution in [0.4, 0.5) is 5.69 Å². The first-order valence-corrected chi connectivity index (χ1v) is 9.10. The van der Waals surface area contributed by atoms with Gasteiger partial charge in [-0.3, -0.25) is 4.31 Å². The third-order valence-electron chi connectivity index (χ3n) is 3.05. The molecule has 0 saturated carbocycles. The van der Waals surface area contributed by atoms with E-state index in [1.54, 1.807) is 13.1 Å². The van der Waals surface area contributed by atoms with Crippen LogP contribution in [0.25, 0.3) is 0 Å². The second kappa shape index (κ2) is 5.50. The van der Waals surface area contributed by atoms with Gasteiger partial charge in [-0.1, -0.05) is 6.07 Å². The van der Waals surface area contributed by atoms with Crippen LogP contribution in [0.2, 0.25) is 0 Å². The van der Waals surface area contributed by atoms with Gasteiger partial charge in [0, 0.05) is 11.9 Å². The Balaban J connectivity index is 2.51. The molecule has 6 heteroatoms. The second-order valence-electron chi connectivity index (χ2n) is 4.79. The fourth-order valence-corrected chi connectivity index (χ4v) is 5.67. The molecule has 2 rings (SSSR count). The lowest BCUT2D eigenvalue weighted by Gasteiger charge is -2.20. The van der Waals surface area contributed by atoms with E-state index in [0.717, 1.165) is 19.8 Å². The number of sulfonamides is 1. The molecule has 3 nitrogen and oxygen atoms in total. The summed E-state index contributed by atoms with van der Waals surface area (Å²) >= 11 is 4.77. The number of hydrogen-bond donors (Lipinski definition) is 0. The summed E-state index contributed by atoms with van der Waals surface area (Å²) in [7, 11) is -1.93. The number of aryl methyl sites for hydroxylation is 3. The molecule has 0 atom stereocenters. The van der Waals surface area contributed by atoms with Crippen molar-refractivity contribution in [3.8, 4) is 0 Å². The van der Waals surface area contributed by atoms with Crippen molar-refractivity contribution in [3.05, 3.63) is 44.1 Å². The van der Waals surface area contributed by atoms with Gasteiger partial charge in [0.05, 0.1) is 9.47 Å². The molecule has 0 unspecified atom stereocenters. The minimum absolute atomic E-state index is 0.357. The van der Waals surface area contributed by atoms with Crippen molar-refractivity contribution in [1.82, 2.24) is 0 Å². The number of halogens is 1. The SMILES string of the molecule is Cc1cc(C)cc(N(C)S(=O)(=O)c2cc(Br)sc2C)c1. The summed E-state index contributed by atoms with van der Waals surface area (Å²) in [5, 5.41) is 0. The van der Waals surface area contributed by atoms with Gasteiger partial charge in [-0.25, -0.2) is 8.42 Å². The molecule has 0 spiro atoms. The molecule has 108 valence electrons. The molecule has 0 aliphatic rings. The Morgan fingerprint density at radius 1 is 1.05 bits per heavy atom. The van der Waals surface area contributed by atoms with Gasteiger partial charge in [0.25, 0.3) is 10.0 Å². The maximum absolute atomic E-state index is 12.7. The van der Waals surface area contributed by atoms with Crippen LogP contribution < -0.4 is 4.31 Å². The molecule has 0 radical (unpaired) electrons. The largest absolute Gasteiger partial charge is 0.269 e. The van der Waals surface area contributed by atoms with E-state index in [0.29, 0.717) is 10.6 Å². The molecule has 0 aliphatic carbocycles. The van der Waals surface area contributed by atoms with E-state index >= 15 is 0 Å². The zero-order chi connectivity index (χ0) is 15.1. The minimum atomic E-state index is -3.52. The lowest BCUT2D eigenvalue weighted by molar-refractivity contribution is 0.594. The van der Waals surface area contributed by atoms with E-state index in [9.17, 15) is 8.42 Å². The predicted octanol–water partition coefficient (Wildman–Crippen LogP) is 4.26. The normalized spacial score (nSPS) is 11.7. The summed E-state index contributed by atoms with van der Waals surface area (Å²) in [6.45, 7) is 5.74. The molecule has 1 heterocycles. The first kappa shape index (κ1) is 15.5. The van der Waals surface area contributed by atoms with E-state index < -0.39 is 10.0 Å². The van der Waals surface area contributed by atoms with Crippen molar-refractivity contribution < 1.29 is 8.42 Å². The Hall–Kier alpha value is -0.850. The standard InChI is InChI=1S/C14H16BrNO2S2/c1-9-5-10(2)7-12(6-9)16(4)20(17,18)13-8-14(15)19-11(13)3/h5-8H,1-4H3. The molecular weight excluding hydrogens is 358 g/mol. The third kappa shape index (κ3) is 2.92. The summed E-state index contributed by atoms with van der Waals surface area (Å²) < 4.78 is 27.6.